The summed E-state index contributed by atoms with van der Waals surface area (Å²) < 4.78 is 11.9. The number of rotatable bonds is 4. The van der Waals surface area contributed by atoms with Gasteiger partial charge in [-0.3, -0.25) is 0 Å². The number of benzene rings is 9. The van der Waals surface area contributed by atoms with Crippen molar-refractivity contribution in [3.63, 3.8) is 0 Å². The van der Waals surface area contributed by atoms with Gasteiger partial charge in [-0.05, 0) is 107 Å². The molecule has 0 spiro atoms. The summed E-state index contributed by atoms with van der Waals surface area (Å²) in [5.41, 5.74) is 19.7. The third-order valence-corrected chi connectivity index (χ3v) is 15.8. The average Bonchev–Trinajstić information content (AvgIpc) is 4.04. The van der Waals surface area contributed by atoms with Crippen LogP contribution in [0.25, 0.3) is 59.5 Å². The SMILES string of the molecule is CC(C)(C)c1ccc2sc3c(c2c1)N(c1cccc2oc4ccccc4c12)c1cc(N(c2ccccc2)c2ccccc2)cc2c1B3c1cccc3c1N2c1cccc2c4ccccc4n-3c12. The molecule has 0 fully saturated rings. The number of anilines is 9. The zero-order valence-corrected chi connectivity index (χ0v) is 38.0. The second-order valence-electron chi connectivity index (χ2n) is 19.3. The molecular formula is C60H41BN4OS. The van der Waals surface area contributed by atoms with Gasteiger partial charge in [-0.1, -0.05) is 130 Å². The first kappa shape index (κ1) is 37.2. The normalized spacial score (nSPS) is 13.5. The topological polar surface area (TPSA) is 27.8 Å². The van der Waals surface area contributed by atoms with Crippen LogP contribution in [-0.4, -0.2) is 11.3 Å². The van der Waals surface area contributed by atoms with Crippen LogP contribution in [0, 0.1) is 0 Å². The van der Waals surface area contributed by atoms with Crippen molar-refractivity contribution in [3.05, 3.63) is 200 Å². The monoisotopic (exact) mass is 876 g/mol. The van der Waals surface area contributed by atoms with Crippen molar-refractivity contribution in [2.75, 3.05) is 14.7 Å². The first-order chi connectivity index (χ1) is 32.9. The van der Waals surface area contributed by atoms with Crippen LogP contribution in [0.15, 0.2) is 199 Å². The summed E-state index contributed by atoms with van der Waals surface area (Å²) >= 11 is 1.95. The average molecular weight is 877 g/mol. The van der Waals surface area contributed by atoms with E-state index in [0.717, 1.165) is 50.4 Å². The van der Waals surface area contributed by atoms with Crippen molar-refractivity contribution >= 4 is 139 Å². The minimum atomic E-state index is -0.0461. The van der Waals surface area contributed by atoms with Crippen LogP contribution in [0.3, 0.4) is 0 Å². The Hall–Kier alpha value is -8.00. The van der Waals surface area contributed by atoms with E-state index in [1.807, 2.05) is 11.3 Å². The summed E-state index contributed by atoms with van der Waals surface area (Å²) in [6.45, 7) is 6.93. The van der Waals surface area contributed by atoms with Gasteiger partial charge < -0.3 is 23.7 Å². The molecule has 316 valence electrons. The van der Waals surface area contributed by atoms with Crippen LogP contribution >= 0.6 is 11.3 Å². The van der Waals surface area contributed by atoms with Crippen LogP contribution < -0.4 is 30.4 Å². The Morgan fingerprint density at radius 3 is 1.90 bits per heavy atom. The van der Waals surface area contributed by atoms with Crippen molar-refractivity contribution in [2.24, 2.45) is 0 Å². The third-order valence-electron chi connectivity index (χ3n) is 14.6. The van der Waals surface area contributed by atoms with Gasteiger partial charge in [-0.15, -0.1) is 11.3 Å². The van der Waals surface area contributed by atoms with E-state index in [2.05, 4.69) is 234 Å². The summed E-state index contributed by atoms with van der Waals surface area (Å²) in [6.07, 6.45) is 0. The van der Waals surface area contributed by atoms with Gasteiger partial charge in [-0.2, -0.15) is 0 Å². The molecule has 0 amide bonds. The number of fused-ring (bicyclic) bond motifs is 14. The Balaban J connectivity index is 1.14. The highest BCUT2D eigenvalue weighted by atomic mass is 32.1. The molecule has 7 heteroatoms. The number of aromatic nitrogens is 1. The minimum Gasteiger partial charge on any atom is -0.456 e. The molecule has 6 heterocycles. The van der Waals surface area contributed by atoms with E-state index in [1.165, 1.54) is 81.6 Å². The molecule has 15 rings (SSSR count). The standard InChI is InChI=1S/C60H41BN4OS/c1-60(2,3)36-31-32-53-43(33-36)57-59(67-53)61-44-24-15-28-48-58(44)65(47-27-14-23-41-40-21-10-12-25-45(40)63(48)56(41)47)50-35-39(62(37-17-6-4-7-18-37)38-19-8-5-9-20-38)34-49(55(50)61)64(57)46-26-16-30-52-54(46)42-22-11-13-29-51(42)66-52/h4-35H,1-3H3. The Morgan fingerprint density at radius 1 is 0.493 bits per heavy atom. The zero-order chi connectivity index (χ0) is 44.3. The molecule has 0 bridgehead atoms. The molecule has 12 aromatic rings. The van der Waals surface area contributed by atoms with Gasteiger partial charge in [0.25, 0.3) is 6.71 Å². The largest absolute Gasteiger partial charge is 0.456 e. The van der Waals surface area contributed by atoms with E-state index >= 15 is 0 Å². The molecule has 5 nitrogen and oxygen atoms in total. The van der Waals surface area contributed by atoms with Gasteiger partial charge in [0.15, 0.2) is 0 Å². The second-order valence-corrected chi connectivity index (χ2v) is 20.4. The Kier molecular flexibility index (Phi) is 7.40. The molecule has 0 saturated heterocycles. The number of thiophene rings is 1. The van der Waals surface area contributed by atoms with E-state index in [0.29, 0.717) is 0 Å². The lowest BCUT2D eigenvalue weighted by Gasteiger charge is -2.46. The summed E-state index contributed by atoms with van der Waals surface area (Å²) in [7, 11) is 0. The van der Waals surface area contributed by atoms with Gasteiger partial charge in [-0.25, -0.2) is 0 Å². The van der Waals surface area contributed by atoms with Gasteiger partial charge >= 0.3 is 0 Å². The molecule has 3 aromatic heterocycles. The van der Waals surface area contributed by atoms with Crippen LogP contribution in [0.1, 0.15) is 26.3 Å². The van der Waals surface area contributed by atoms with E-state index in [9.17, 15) is 0 Å². The van der Waals surface area contributed by atoms with Gasteiger partial charge in [0.2, 0.25) is 0 Å². The van der Waals surface area contributed by atoms with E-state index < -0.39 is 0 Å². The summed E-state index contributed by atoms with van der Waals surface area (Å²) in [5.74, 6) is 0. The molecule has 0 saturated carbocycles. The molecule has 0 unspecified atom stereocenters. The fraction of sp³-hybridized carbons (Fsp3) is 0.0667. The number of nitrogens with zero attached hydrogens (tertiary/aromatic N) is 4. The number of furan rings is 1. The van der Waals surface area contributed by atoms with Crippen LogP contribution in [0.5, 0.6) is 0 Å². The maximum atomic E-state index is 6.70. The number of hydrogen-bond donors (Lipinski definition) is 0. The van der Waals surface area contributed by atoms with Crippen molar-refractivity contribution in [3.8, 4) is 5.69 Å². The zero-order valence-electron chi connectivity index (χ0n) is 37.2. The fourth-order valence-corrected chi connectivity index (χ4v) is 13.0. The predicted molar refractivity (Wildman–Crippen MR) is 284 cm³/mol. The molecule has 9 aromatic carbocycles. The molecule has 3 aliphatic rings. The Bertz CT molecular complexity index is 4030. The van der Waals surface area contributed by atoms with Crippen LogP contribution in [0.4, 0.5) is 51.2 Å². The molecule has 0 N–H and O–H groups in total. The predicted octanol–water partition coefficient (Wildman–Crippen LogP) is 15.1. The summed E-state index contributed by atoms with van der Waals surface area (Å²) in [6, 6.07) is 71.8. The first-order valence-electron chi connectivity index (χ1n) is 23.2. The van der Waals surface area contributed by atoms with Gasteiger partial charge in [0.1, 0.15) is 11.2 Å². The highest BCUT2D eigenvalue weighted by Gasteiger charge is 2.48. The molecule has 0 aliphatic carbocycles. The first-order valence-corrected chi connectivity index (χ1v) is 24.0. The van der Waals surface area contributed by atoms with E-state index in [-0.39, 0.29) is 12.1 Å². The lowest BCUT2D eigenvalue weighted by atomic mass is 9.36. The Morgan fingerprint density at radius 2 is 1.12 bits per heavy atom. The molecule has 67 heavy (non-hydrogen) atoms. The highest BCUT2D eigenvalue weighted by Crippen LogP contribution is 2.56. The fourth-order valence-electron chi connectivity index (χ4n) is 11.7. The van der Waals surface area contributed by atoms with Crippen LogP contribution in [-0.2, 0) is 5.41 Å². The van der Waals surface area contributed by atoms with Crippen molar-refractivity contribution in [1.29, 1.82) is 0 Å². The number of hydrogen-bond acceptors (Lipinski definition) is 5. The van der Waals surface area contributed by atoms with Crippen molar-refractivity contribution in [1.82, 2.24) is 4.57 Å². The van der Waals surface area contributed by atoms with Gasteiger partial charge in [0, 0.05) is 53.8 Å². The van der Waals surface area contributed by atoms with Crippen molar-refractivity contribution < 1.29 is 4.42 Å². The van der Waals surface area contributed by atoms with E-state index in [4.69, 9.17) is 4.42 Å². The number of para-hydroxylation sites is 6. The lowest BCUT2D eigenvalue weighted by Crippen LogP contribution is -2.61. The van der Waals surface area contributed by atoms with Gasteiger partial charge in [0.05, 0.1) is 50.5 Å². The van der Waals surface area contributed by atoms with Crippen molar-refractivity contribution in [2.45, 2.75) is 26.2 Å². The molecule has 0 radical (unpaired) electrons. The highest BCUT2D eigenvalue weighted by molar-refractivity contribution is 7.33. The maximum absolute atomic E-state index is 6.70. The lowest BCUT2D eigenvalue weighted by molar-refractivity contribution is 0.591. The van der Waals surface area contributed by atoms with Crippen LogP contribution in [0.2, 0.25) is 0 Å². The maximum Gasteiger partial charge on any atom is 0.264 e. The van der Waals surface area contributed by atoms with E-state index in [1.54, 1.807) is 0 Å². The smallest absolute Gasteiger partial charge is 0.264 e. The quantitative estimate of drug-likeness (QED) is 0.165. The molecular weight excluding hydrogens is 836 g/mol. The molecule has 3 aliphatic heterocycles. The molecule has 0 atom stereocenters. The second kappa shape index (κ2) is 13.3. The Labute approximate surface area is 392 Å². The summed E-state index contributed by atoms with van der Waals surface area (Å²) in [5, 5.41) is 6.01. The third kappa shape index (κ3) is 4.99. The summed E-state index contributed by atoms with van der Waals surface area (Å²) in [4.78, 5) is 7.66. The minimum absolute atomic E-state index is 0.0447.